The number of halogens is 1. The zero-order valence-corrected chi connectivity index (χ0v) is 14.0. The van der Waals surface area contributed by atoms with Crippen LogP contribution < -0.4 is 5.73 Å². The van der Waals surface area contributed by atoms with Gasteiger partial charge in [0.25, 0.3) is 0 Å². The molecule has 2 atom stereocenters. The zero-order chi connectivity index (χ0) is 14.8. The lowest BCUT2D eigenvalue weighted by Gasteiger charge is -2.36. The number of nitrogens with zero attached hydrogens (tertiary/aromatic N) is 1. The fourth-order valence-corrected chi connectivity index (χ4v) is 4.96. The standard InChI is InChI=1S/C14H21BrN2O2S/c1-17(14-8-3-2-5-11(14)10-16)20(18,19)13-7-4-6-12(15)9-13/h4,6-7,9,11,14H,2-3,5,8,10,16H2,1H3. The van der Waals surface area contributed by atoms with E-state index in [0.717, 1.165) is 30.2 Å². The van der Waals surface area contributed by atoms with Gasteiger partial charge >= 0.3 is 0 Å². The molecule has 0 aromatic heterocycles. The van der Waals surface area contributed by atoms with Crippen LogP contribution in [0.15, 0.2) is 33.6 Å². The molecule has 0 spiro atoms. The first-order valence-electron chi connectivity index (χ1n) is 6.90. The quantitative estimate of drug-likeness (QED) is 0.897. The van der Waals surface area contributed by atoms with Crippen LogP contribution in [0.4, 0.5) is 0 Å². The summed E-state index contributed by atoms with van der Waals surface area (Å²) in [5.41, 5.74) is 5.81. The fourth-order valence-electron chi connectivity index (χ4n) is 2.91. The number of sulfonamides is 1. The third-order valence-electron chi connectivity index (χ3n) is 4.11. The van der Waals surface area contributed by atoms with E-state index in [9.17, 15) is 8.42 Å². The highest BCUT2D eigenvalue weighted by Gasteiger charge is 2.34. The summed E-state index contributed by atoms with van der Waals surface area (Å²) >= 11 is 3.32. The Morgan fingerprint density at radius 2 is 2.05 bits per heavy atom. The first-order valence-corrected chi connectivity index (χ1v) is 9.14. The lowest BCUT2D eigenvalue weighted by Crippen LogP contribution is -2.45. The van der Waals surface area contributed by atoms with Crippen LogP contribution in [0.5, 0.6) is 0 Å². The third-order valence-corrected chi connectivity index (χ3v) is 6.48. The summed E-state index contributed by atoms with van der Waals surface area (Å²) in [7, 11) is -1.78. The Morgan fingerprint density at radius 3 is 2.70 bits per heavy atom. The number of hydrogen-bond acceptors (Lipinski definition) is 3. The Labute approximate surface area is 129 Å². The Morgan fingerprint density at radius 1 is 1.35 bits per heavy atom. The van der Waals surface area contributed by atoms with Crippen LogP contribution in [0.1, 0.15) is 25.7 Å². The van der Waals surface area contributed by atoms with Crippen molar-refractivity contribution in [2.24, 2.45) is 11.7 Å². The van der Waals surface area contributed by atoms with Crippen molar-refractivity contribution < 1.29 is 8.42 Å². The maximum atomic E-state index is 12.7. The van der Waals surface area contributed by atoms with Gasteiger partial charge in [0.05, 0.1) is 4.90 Å². The Balaban J connectivity index is 2.28. The van der Waals surface area contributed by atoms with Crippen LogP contribution >= 0.6 is 15.9 Å². The second-order valence-electron chi connectivity index (χ2n) is 5.33. The summed E-state index contributed by atoms with van der Waals surface area (Å²) in [5.74, 6) is 0.260. The van der Waals surface area contributed by atoms with Crippen LogP contribution in [0.2, 0.25) is 0 Å². The molecule has 1 aliphatic carbocycles. The van der Waals surface area contributed by atoms with E-state index < -0.39 is 10.0 Å². The van der Waals surface area contributed by atoms with Crippen LogP contribution in [-0.2, 0) is 10.0 Å². The van der Waals surface area contributed by atoms with E-state index in [4.69, 9.17) is 5.73 Å². The predicted molar refractivity (Wildman–Crippen MR) is 83.9 cm³/mol. The number of nitrogens with two attached hydrogens (primary N) is 1. The Bertz CT molecular complexity index is 562. The van der Waals surface area contributed by atoms with Crippen molar-refractivity contribution in [3.63, 3.8) is 0 Å². The molecule has 6 heteroatoms. The van der Waals surface area contributed by atoms with Gasteiger partial charge in [0.15, 0.2) is 0 Å². The molecule has 2 N–H and O–H groups in total. The van der Waals surface area contributed by atoms with Crippen molar-refractivity contribution in [2.45, 2.75) is 36.6 Å². The minimum atomic E-state index is -3.46. The van der Waals surface area contributed by atoms with Gasteiger partial charge in [0, 0.05) is 17.6 Å². The average molecular weight is 361 g/mol. The minimum absolute atomic E-state index is 0.0118. The van der Waals surface area contributed by atoms with E-state index in [-0.39, 0.29) is 12.0 Å². The number of benzene rings is 1. The van der Waals surface area contributed by atoms with Crippen molar-refractivity contribution >= 4 is 26.0 Å². The van der Waals surface area contributed by atoms with Gasteiger partial charge in [-0.2, -0.15) is 4.31 Å². The Hall–Kier alpha value is -0.430. The van der Waals surface area contributed by atoms with Crippen LogP contribution in [0.3, 0.4) is 0 Å². The SMILES string of the molecule is CN(C1CCCCC1CN)S(=O)(=O)c1cccc(Br)c1. The van der Waals surface area contributed by atoms with Crippen LogP contribution in [-0.4, -0.2) is 32.4 Å². The first kappa shape index (κ1) is 15.9. The molecule has 0 saturated heterocycles. The minimum Gasteiger partial charge on any atom is -0.330 e. The molecule has 1 saturated carbocycles. The van der Waals surface area contributed by atoms with E-state index in [1.807, 2.05) is 6.07 Å². The van der Waals surface area contributed by atoms with Gasteiger partial charge in [-0.25, -0.2) is 8.42 Å². The number of hydrogen-bond donors (Lipinski definition) is 1. The molecule has 1 aliphatic rings. The molecule has 0 aliphatic heterocycles. The normalized spacial score (nSPS) is 24.0. The van der Waals surface area contributed by atoms with Gasteiger partial charge in [-0.3, -0.25) is 0 Å². The van der Waals surface area contributed by atoms with Crippen molar-refractivity contribution in [3.8, 4) is 0 Å². The highest BCUT2D eigenvalue weighted by atomic mass is 79.9. The van der Waals surface area contributed by atoms with Gasteiger partial charge in [-0.15, -0.1) is 0 Å². The summed E-state index contributed by atoms with van der Waals surface area (Å²) < 4.78 is 27.7. The summed E-state index contributed by atoms with van der Waals surface area (Å²) in [6, 6.07) is 6.86. The average Bonchev–Trinajstić information content (AvgIpc) is 2.46. The van der Waals surface area contributed by atoms with Crippen LogP contribution in [0.25, 0.3) is 0 Å². The predicted octanol–water partition coefficient (Wildman–Crippen LogP) is 2.59. The molecule has 0 amide bonds. The monoisotopic (exact) mass is 360 g/mol. The molecule has 0 heterocycles. The molecule has 2 rings (SSSR count). The molecule has 1 aromatic rings. The van der Waals surface area contributed by atoms with E-state index in [1.165, 1.54) is 4.31 Å². The molecule has 4 nitrogen and oxygen atoms in total. The molecule has 0 bridgehead atoms. The van der Waals surface area contributed by atoms with Crippen LogP contribution in [0, 0.1) is 5.92 Å². The molecule has 20 heavy (non-hydrogen) atoms. The highest BCUT2D eigenvalue weighted by Crippen LogP contribution is 2.31. The lowest BCUT2D eigenvalue weighted by molar-refractivity contribution is 0.204. The first-order chi connectivity index (χ1) is 9.46. The maximum Gasteiger partial charge on any atom is 0.243 e. The maximum absolute atomic E-state index is 12.7. The van der Waals surface area contributed by atoms with Crippen molar-refractivity contribution in [3.05, 3.63) is 28.7 Å². The molecular weight excluding hydrogens is 340 g/mol. The largest absolute Gasteiger partial charge is 0.330 e. The summed E-state index contributed by atoms with van der Waals surface area (Å²) in [4.78, 5) is 0.329. The molecule has 112 valence electrons. The second-order valence-corrected chi connectivity index (χ2v) is 8.24. The Kier molecular flexibility index (Phi) is 5.23. The highest BCUT2D eigenvalue weighted by molar-refractivity contribution is 9.10. The molecule has 1 fully saturated rings. The summed E-state index contributed by atoms with van der Waals surface area (Å²) in [6.45, 7) is 0.545. The van der Waals surface area contributed by atoms with Crippen molar-refractivity contribution in [1.29, 1.82) is 0 Å². The van der Waals surface area contributed by atoms with Gasteiger partial charge in [-0.05, 0) is 43.5 Å². The van der Waals surface area contributed by atoms with E-state index >= 15 is 0 Å². The van der Waals surface area contributed by atoms with Crippen molar-refractivity contribution in [2.75, 3.05) is 13.6 Å². The van der Waals surface area contributed by atoms with E-state index in [0.29, 0.717) is 11.4 Å². The lowest BCUT2D eigenvalue weighted by atomic mass is 9.85. The van der Waals surface area contributed by atoms with Gasteiger partial charge in [0.2, 0.25) is 10.0 Å². The fraction of sp³-hybridized carbons (Fsp3) is 0.571. The smallest absolute Gasteiger partial charge is 0.243 e. The van der Waals surface area contributed by atoms with E-state index in [1.54, 1.807) is 25.2 Å². The molecule has 0 radical (unpaired) electrons. The number of rotatable bonds is 4. The van der Waals surface area contributed by atoms with E-state index in [2.05, 4.69) is 15.9 Å². The van der Waals surface area contributed by atoms with Gasteiger partial charge < -0.3 is 5.73 Å². The third kappa shape index (κ3) is 3.24. The summed E-state index contributed by atoms with van der Waals surface area (Å²) in [5, 5.41) is 0. The van der Waals surface area contributed by atoms with Gasteiger partial charge in [-0.1, -0.05) is 34.8 Å². The topological polar surface area (TPSA) is 63.4 Å². The zero-order valence-electron chi connectivity index (χ0n) is 11.6. The second kappa shape index (κ2) is 6.56. The van der Waals surface area contributed by atoms with Gasteiger partial charge in [0.1, 0.15) is 0 Å². The van der Waals surface area contributed by atoms with Crippen molar-refractivity contribution in [1.82, 2.24) is 4.31 Å². The molecule has 1 aromatic carbocycles. The summed E-state index contributed by atoms with van der Waals surface area (Å²) in [6.07, 6.45) is 4.12. The molecule has 2 unspecified atom stereocenters. The molecular formula is C14H21BrN2O2S.